The van der Waals surface area contributed by atoms with Gasteiger partial charge in [0.2, 0.25) is 26.0 Å². The Morgan fingerprint density at radius 2 is 1.86 bits per heavy atom. The van der Waals surface area contributed by atoms with Gasteiger partial charge in [0.25, 0.3) is 0 Å². The van der Waals surface area contributed by atoms with E-state index in [0.29, 0.717) is 9.87 Å². The van der Waals surface area contributed by atoms with E-state index in [2.05, 4.69) is 0 Å². The Morgan fingerprint density at radius 3 is 2.36 bits per heavy atom. The number of rotatable bonds is 5. The van der Waals surface area contributed by atoms with Gasteiger partial charge in [-0.25, -0.2) is 29.6 Å². The minimum atomic E-state index is -4.09. The van der Waals surface area contributed by atoms with Gasteiger partial charge in [-0.05, 0) is 31.0 Å². The molecule has 0 unspecified atom stereocenters. The molecule has 0 spiro atoms. The molecule has 2 fully saturated rings. The number of anilines is 1. The molecule has 9 nitrogen and oxygen atoms in total. The minimum Gasteiger partial charge on any atom is -0.273 e. The molecule has 2 aliphatic heterocycles. The van der Waals surface area contributed by atoms with Crippen LogP contribution >= 0.6 is 0 Å². The summed E-state index contributed by atoms with van der Waals surface area (Å²) in [6, 6.07) is 3.35. The highest BCUT2D eigenvalue weighted by molar-refractivity contribution is 7.94. The summed E-state index contributed by atoms with van der Waals surface area (Å²) in [4.78, 5) is 11.9. The normalized spacial score (nSPS) is 24.2. The Morgan fingerprint density at radius 1 is 1.18 bits per heavy atom. The van der Waals surface area contributed by atoms with Gasteiger partial charge in [-0.15, -0.1) is 0 Å². The van der Waals surface area contributed by atoms with Crippen LogP contribution in [0.4, 0.5) is 5.69 Å². The summed E-state index contributed by atoms with van der Waals surface area (Å²) in [5.74, 6) is -1.23. The van der Waals surface area contributed by atoms with E-state index in [1.54, 1.807) is 13.8 Å². The summed E-state index contributed by atoms with van der Waals surface area (Å²) in [5, 5.41) is 0. The van der Waals surface area contributed by atoms with Crippen LogP contribution in [0.2, 0.25) is 0 Å². The van der Waals surface area contributed by atoms with Crippen LogP contribution in [-0.4, -0.2) is 65.3 Å². The predicted molar refractivity (Wildman–Crippen MR) is 104 cm³/mol. The van der Waals surface area contributed by atoms with E-state index in [1.807, 2.05) is 0 Å². The van der Waals surface area contributed by atoms with E-state index in [4.69, 9.17) is 0 Å². The van der Waals surface area contributed by atoms with E-state index in [1.165, 1.54) is 18.2 Å². The van der Waals surface area contributed by atoms with Gasteiger partial charge in [-0.2, -0.15) is 4.31 Å². The summed E-state index contributed by atoms with van der Waals surface area (Å²) >= 11 is 0. The molecular weight excluding hydrogens is 428 g/mol. The highest BCUT2D eigenvalue weighted by Gasteiger charge is 2.40. The lowest BCUT2D eigenvalue weighted by atomic mass is 10.2. The van der Waals surface area contributed by atoms with Crippen molar-refractivity contribution in [3.8, 4) is 0 Å². The third-order valence-electron chi connectivity index (χ3n) is 5.00. The zero-order valence-electron chi connectivity index (χ0n) is 15.5. The van der Waals surface area contributed by atoms with Gasteiger partial charge in [-0.3, -0.25) is 4.79 Å². The van der Waals surface area contributed by atoms with Gasteiger partial charge in [0.1, 0.15) is 0 Å². The third-order valence-corrected chi connectivity index (χ3v) is 10.6. The van der Waals surface area contributed by atoms with E-state index in [0.717, 1.165) is 4.31 Å². The minimum absolute atomic E-state index is 0.0261. The first-order chi connectivity index (χ1) is 12.9. The standard InChI is InChI=1S/C16H22N2O7S3/c1-3-17(14-6-8-26(20,21)11-14)28(24,25)15-10-13(5-4-12(15)2)18-16(19)7-9-27(18,22)23/h4-5,10,14H,3,6-9,11H2,1-2H3/t14-/m0/s1. The summed E-state index contributed by atoms with van der Waals surface area (Å²) in [5.41, 5.74) is 0.355. The fourth-order valence-corrected chi connectivity index (χ4v) is 8.80. The molecule has 12 heteroatoms. The molecule has 3 rings (SSSR count). The van der Waals surface area contributed by atoms with Crippen LogP contribution in [0.5, 0.6) is 0 Å². The molecule has 1 aromatic carbocycles. The number of nitrogens with zero attached hydrogens (tertiary/aromatic N) is 2. The van der Waals surface area contributed by atoms with Crippen molar-refractivity contribution in [1.82, 2.24) is 4.31 Å². The number of hydrogen-bond donors (Lipinski definition) is 0. The smallest absolute Gasteiger partial charge is 0.243 e. The molecule has 0 saturated carbocycles. The molecule has 1 atom stereocenters. The Kier molecular flexibility index (Phi) is 5.36. The molecule has 0 aromatic heterocycles. The molecule has 2 aliphatic rings. The third kappa shape index (κ3) is 3.70. The molecule has 0 N–H and O–H groups in total. The summed E-state index contributed by atoms with van der Waals surface area (Å²) in [7, 11) is -11.2. The van der Waals surface area contributed by atoms with Crippen molar-refractivity contribution in [3.05, 3.63) is 23.8 Å². The lowest BCUT2D eigenvalue weighted by Crippen LogP contribution is -2.41. The molecule has 0 aliphatic carbocycles. The summed E-state index contributed by atoms with van der Waals surface area (Å²) in [6.07, 6.45) is 0.0619. The van der Waals surface area contributed by atoms with E-state index < -0.39 is 41.8 Å². The summed E-state index contributed by atoms with van der Waals surface area (Å²) < 4.78 is 76.3. The van der Waals surface area contributed by atoms with Gasteiger partial charge in [0.15, 0.2) is 9.84 Å². The van der Waals surface area contributed by atoms with Crippen molar-refractivity contribution in [2.24, 2.45) is 0 Å². The van der Waals surface area contributed by atoms with E-state index >= 15 is 0 Å². The molecule has 1 aromatic rings. The lowest BCUT2D eigenvalue weighted by molar-refractivity contribution is -0.116. The van der Waals surface area contributed by atoms with Crippen molar-refractivity contribution >= 4 is 41.5 Å². The van der Waals surface area contributed by atoms with Crippen LogP contribution in [0.15, 0.2) is 23.1 Å². The maximum Gasteiger partial charge on any atom is 0.243 e. The first-order valence-corrected chi connectivity index (χ1v) is 13.6. The summed E-state index contributed by atoms with van der Waals surface area (Å²) in [6.45, 7) is 3.26. The molecular formula is C16H22N2O7S3. The van der Waals surface area contributed by atoms with Crippen molar-refractivity contribution in [1.29, 1.82) is 0 Å². The zero-order valence-corrected chi connectivity index (χ0v) is 18.0. The number of benzene rings is 1. The molecule has 28 heavy (non-hydrogen) atoms. The topological polar surface area (TPSA) is 126 Å². The second kappa shape index (κ2) is 7.08. The van der Waals surface area contributed by atoms with Crippen LogP contribution in [0.1, 0.15) is 25.3 Å². The van der Waals surface area contributed by atoms with Crippen LogP contribution in [-0.2, 0) is 34.7 Å². The first-order valence-electron chi connectivity index (χ1n) is 8.78. The highest BCUT2D eigenvalue weighted by Crippen LogP contribution is 2.32. The number of aryl methyl sites for hydroxylation is 1. The van der Waals surface area contributed by atoms with Gasteiger partial charge >= 0.3 is 0 Å². The Bertz CT molecular complexity index is 1120. The van der Waals surface area contributed by atoms with Gasteiger partial charge in [0, 0.05) is 19.0 Å². The molecule has 1 amide bonds. The van der Waals surface area contributed by atoms with Crippen molar-refractivity contribution in [3.63, 3.8) is 0 Å². The van der Waals surface area contributed by atoms with Crippen molar-refractivity contribution in [2.75, 3.05) is 28.1 Å². The number of sulfonamides is 2. The van der Waals surface area contributed by atoms with Gasteiger partial charge < -0.3 is 0 Å². The molecule has 0 radical (unpaired) electrons. The quantitative estimate of drug-likeness (QED) is 0.630. The lowest BCUT2D eigenvalue weighted by Gasteiger charge is -2.27. The van der Waals surface area contributed by atoms with E-state index in [-0.39, 0.29) is 47.2 Å². The van der Waals surface area contributed by atoms with Crippen LogP contribution in [0.3, 0.4) is 0 Å². The number of amides is 1. The first kappa shape index (κ1) is 21.2. The fraction of sp³-hybridized carbons (Fsp3) is 0.562. The monoisotopic (exact) mass is 450 g/mol. The Balaban J connectivity index is 2.06. The number of sulfone groups is 1. The maximum absolute atomic E-state index is 13.3. The maximum atomic E-state index is 13.3. The molecule has 2 heterocycles. The second-order valence-electron chi connectivity index (χ2n) is 6.94. The predicted octanol–water partition coefficient (Wildman–Crippen LogP) is 0.259. The van der Waals surface area contributed by atoms with E-state index in [9.17, 15) is 30.0 Å². The Labute approximate surface area is 165 Å². The van der Waals surface area contributed by atoms with Gasteiger partial charge in [0.05, 0.1) is 27.8 Å². The molecule has 156 valence electrons. The largest absolute Gasteiger partial charge is 0.273 e. The number of hydrogen-bond acceptors (Lipinski definition) is 7. The Hall–Kier alpha value is -1.50. The number of carbonyl (C=O) groups is 1. The average Bonchev–Trinajstić information content (AvgIpc) is 3.07. The number of carbonyl (C=O) groups excluding carboxylic acids is 1. The SMILES string of the molecule is CCN([C@H]1CCS(=O)(=O)C1)S(=O)(=O)c1cc(N2C(=O)CCS2(=O)=O)ccc1C. The van der Waals surface area contributed by atoms with Gasteiger partial charge in [-0.1, -0.05) is 13.0 Å². The molecule has 0 bridgehead atoms. The molecule has 2 saturated heterocycles. The average molecular weight is 451 g/mol. The van der Waals surface area contributed by atoms with Crippen LogP contribution in [0.25, 0.3) is 0 Å². The second-order valence-corrected chi connectivity index (χ2v) is 13.0. The highest BCUT2D eigenvalue weighted by atomic mass is 32.2. The van der Waals surface area contributed by atoms with Crippen LogP contribution < -0.4 is 4.31 Å². The van der Waals surface area contributed by atoms with Crippen molar-refractivity contribution < 1.29 is 30.0 Å². The zero-order chi connectivity index (χ0) is 20.9. The fourth-order valence-electron chi connectivity index (χ4n) is 3.62. The van der Waals surface area contributed by atoms with Crippen LogP contribution in [0, 0.1) is 6.92 Å². The van der Waals surface area contributed by atoms with Crippen molar-refractivity contribution in [2.45, 2.75) is 37.6 Å².